The largest absolute Gasteiger partial charge is 0.376 e. The Kier molecular flexibility index (Phi) is 5.54. The fraction of sp³-hybridized carbons (Fsp3) is 0.417. The quantitative estimate of drug-likeness (QED) is 0.641. The minimum atomic E-state index is 0.226. The average molecular weight is 340 g/mol. The number of anilines is 1. The van der Waals surface area contributed by atoms with Crippen LogP contribution in [0.25, 0.3) is 0 Å². The van der Waals surface area contributed by atoms with Gasteiger partial charge in [0.25, 0.3) is 0 Å². The van der Waals surface area contributed by atoms with Crippen molar-refractivity contribution >= 4 is 57.8 Å². The molecule has 19 heavy (non-hydrogen) atoms. The van der Waals surface area contributed by atoms with Gasteiger partial charge in [0.2, 0.25) is 0 Å². The van der Waals surface area contributed by atoms with Gasteiger partial charge in [-0.15, -0.1) is 0 Å². The highest BCUT2D eigenvalue weighted by atomic mass is 35.5. The number of nitrogens with one attached hydrogen (secondary N) is 2. The van der Waals surface area contributed by atoms with Crippen LogP contribution in [0.2, 0.25) is 15.1 Å². The van der Waals surface area contributed by atoms with Crippen molar-refractivity contribution in [3.05, 3.63) is 27.2 Å². The van der Waals surface area contributed by atoms with Gasteiger partial charge in [0, 0.05) is 13.2 Å². The zero-order chi connectivity index (χ0) is 13.8. The molecule has 0 amide bonds. The third-order valence-electron chi connectivity index (χ3n) is 2.77. The highest BCUT2D eigenvalue weighted by Crippen LogP contribution is 2.32. The lowest BCUT2D eigenvalue weighted by molar-refractivity contribution is 0.114. The third kappa shape index (κ3) is 4.36. The molecule has 0 bridgehead atoms. The van der Waals surface area contributed by atoms with Crippen LogP contribution in [-0.4, -0.2) is 24.4 Å². The normalized spacial score (nSPS) is 18.4. The summed E-state index contributed by atoms with van der Waals surface area (Å²) in [5.41, 5.74) is 0.626. The standard InChI is InChI=1S/C12H13Cl3N2OS/c13-8-4-10(15)11(5-9(8)14)17-12(19)16-6-7-2-1-3-18-7/h4-5,7H,1-3,6H2,(H2,16,17,19)/t7-/m1/s1. The lowest BCUT2D eigenvalue weighted by Crippen LogP contribution is -2.34. The molecule has 1 fully saturated rings. The van der Waals surface area contributed by atoms with Crippen LogP contribution in [0.1, 0.15) is 12.8 Å². The number of thiocarbonyl (C=S) groups is 1. The Morgan fingerprint density at radius 1 is 1.26 bits per heavy atom. The van der Waals surface area contributed by atoms with Gasteiger partial charge in [-0.3, -0.25) is 0 Å². The highest BCUT2D eigenvalue weighted by Gasteiger charge is 2.15. The topological polar surface area (TPSA) is 33.3 Å². The van der Waals surface area contributed by atoms with Crippen molar-refractivity contribution in [1.82, 2.24) is 5.32 Å². The molecule has 3 nitrogen and oxygen atoms in total. The van der Waals surface area contributed by atoms with Gasteiger partial charge in [-0.2, -0.15) is 0 Å². The van der Waals surface area contributed by atoms with Crippen LogP contribution in [0.5, 0.6) is 0 Å². The second-order valence-electron chi connectivity index (χ2n) is 4.22. The van der Waals surface area contributed by atoms with Crippen molar-refractivity contribution in [2.75, 3.05) is 18.5 Å². The Morgan fingerprint density at radius 3 is 2.68 bits per heavy atom. The minimum absolute atomic E-state index is 0.226. The Hall–Kier alpha value is -0.260. The van der Waals surface area contributed by atoms with Gasteiger partial charge < -0.3 is 15.4 Å². The second-order valence-corrected chi connectivity index (χ2v) is 5.85. The predicted molar refractivity (Wildman–Crippen MR) is 84.7 cm³/mol. The molecule has 0 aromatic heterocycles. The number of hydrogen-bond acceptors (Lipinski definition) is 2. The van der Waals surface area contributed by atoms with E-state index in [-0.39, 0.29) is 6.10 Å². The van der Waals surface area contributed by atoms with Crippen LogP contribution in [0.3, 0.4) is 0 Å². The van der Waals surface area contributed by atoms with Crippen LogP contribution < -0.4 is 10.6 Å². The molecule has 0 aliphatic carbocycles. The number of halogens is 3. The number of ether oxygens (including phenoxy) is 1. The first-order chi connectivity index (χ1) is 9.06. The van der Waals surface area contributed by atoms with Crippen LogP contribution in [0.15, 0.2) is 12.1 Å². The molecular weight excluding hydrogens is 327 g/mol. The first kappa shape index (κ1) is 15.1. The minimum Gasteiger partial charge on any atom is -0.376 e. The van der Waals surface area contributed by atoms with Gasteiger partial charge in [0.1, 0.15) is 0 Å². The molecule has 1 aliphatic rings. The maximum absolute atomic E-state index is 6.06. The molecule has 104 valence electrons. The molecule has 0 unspecified atom stereocenters. The van der Waals surface area contributed by atoms with Crippen LogP contribution in [0, 0.1) is 0 Å². The van der Waals surface area contributed by atoms with E-state index < -0.39 is 0 Å². The summed E-state index contributed by atoms with van der Waals surface area (Å²) in [4.78, 5) is 0. The van der Waals surface area contributed by atoms with Crippen LogP contribution >= 0.6 is 47.0 Å². The molecule has 1 saturated heterocycles. The van der Waals surface area contributed by atoms with E-state index >= 15 is 0 Å². The summed E-state index contributed by atoms with van der Waals surface area (Å²) in [5, 5.41) is 7.88. The molecule has 1 aromatic rings. The zero-order valence-electron chi connectivity index (χ0n) is 10.0. The van der Waals surface area contributed by atoms with E-state index in [2.05, 4.69) is 10.6 Å². The molecule has 0 saturated carbocycles. The predicted octanol–water partition coefficient (Wildman–Crippen LogP) is 4.11. The number of hydrogen-bond donors (Lipinski definition) is 2. The van der Waals surface area contributed by atoms with Crippen molar-refractivity contribution in [2.24, 2.45) is 0 Å². The molecular formula is C12H13Cl3N2OS. The Labute approximate surface area is 132 Å². The van der Waals surface area contributed by atoms with Crippen molar-refractivity contribution < 1.29 is 4.74 Å². The molecule has 7 heteroatoms. The fourth-order valence-electron chi connectivity index (χ4n) is 1.80. The van der Waals surface area contributed by atoms with Crippen molar-refractivity contribution in [3.8, 4) is 0 Å². The molecule has 0 radical (unpaired) electrons. The summed E-state index contributed by atoms with van der Waals surface area (Å²) in [6.07, 6.45) is 2.39. The lowest BCUT2D eigenvalue weighted by Gasteiger charge is -2.15. The van der Waals surface area contributed by atoms with Crippen LogP contribution in [-0.2, 0) is 4.74 Å². The van der Waals surface area contributed by atoms with Crippen molar-refractivity contribution in [3.63, 3.8) is 0 Å². The Bertz CT molecular complexity index is 478. The fourth-order valence-corrected chi connectivity index (χ4v) is 2.58. The van der Waals surface area contributed by atoms with Crippen molar-refractivity contribution in [1.29, 1.82) is 0 Å². The van der Waals surface area contributed by atoms with Gasteiger partial charge >= 0.3 is 0 Å². The summed E-state index contributed by atoms with van der Waals surface area (Å²) < 4.78 is 5.50. The summed E-state index contributed by atoms with van der Waals surface area (Å²) >= 11 is 23.0. The zero-order valence-corrected chi connectivity index (χ0v) is 13.1. The smallest absolute Gasteiger partial charge is 0.170 e. The van der Waals surface area contributed by atoms with Gasteiger partial charge in [-0.1, -0.05) is 34.8 Å². The molecule has 2 N–H and O–H groups in total. The van der Waals surface area contributed by atoms with Gasteiger partial charge in [-0.25, -0.2) is 0 Å². The highest BCUT2D eigenvalue weighted by molar-refractivity contribution is 7.80. The van der Waals surface area contributed by atoms with E-state index in [1.807, 2.05) is 0 Å². The molecule has 1 atom stereocenters. The Morgan fingerprint density at radius 2 is 2.00 bits per heavy atom. The summed E-state index contributed by atoms with van der Waals surface area (Å²) in [7, 11) is 0. The second kappa shape index (κ2) is 6.95. The van der Waals surface area contributed by atoms with Crippen molar-refractivity contribution in [2.45, 2.75) is 18.9 Å². The monoisotopic (exact) mass is 338 g/mol. The maximum atomic E-state index is 6.06. The van der Waals surface area contributed by atoms with E-state index in [4.69, 9.17) is 51.8 Å². The number of rotatable bonds is 3. The molecule has 2 rings (SSSR count). The Balaban J connectivity index is 1.89. The first-order valence-electron chi connectivity index (χ1n) is 5.87. The lowest BCUT2D eigenvalue weighted by atomic mass is 10.2. The average Bonchev–Trinajstić information content (AvgIpc) is 2.86. The van der Waals surface area contributed by atoms with E-state index in [9.17, 15) is 0 Å². The summed E-state index contributed by atoms with van der Waals surface area (Å²) in [5.74, 6) is 0. The van der Waals surface area contributed by atoms with E-state index in [1.54, 1.807) is 12.1 Å². The third-order valence-corrected chi connectivity index (χ3v) is 4.05. The van der Waals surface area contributed by atoms with E-state index in [0.29, 0.717) is 32.4 Å². The van der Waals surface area contributed by atoms with Gasteiger partial charge in [-0.05, 0) is 37.2 Å². The first-order valence-corrected chi connectivity index (χ1v) is 7.41. The summed E-state index contributed by atoms with van der Waals surface area (Å²) in [6, 6.07) is 3.22. The molecule has 1 aromatic carbocycles. The molecule has 0 spiro atoms. The van der Waals surface area contributed by atoms with E-state index in [0.717, 1.165) is 19.4 Å². The maximum Gasteiger partial charge on any atom is 0.170 e. The number of benzene rings is 1. The van der Waals surface area contributed by atoms with Crippen LogP contribution in [0.4, 0.5) is 5.69 Å². The molecule has 1 aliphatic heterocycles. The SMILES string of the molecule is S=C(NC[C@H]1CCCO1)Nc1cc(Cl)c(Cl)cc1Cl. The van der Waals surface area contributed by atoms with Gasteiger partial charge in [0.15, 0.2) is 5.11 Å². The summed E-state index contributed by atoms with van der Waals surface area (Å²) in [6.45, 7) is 1.51. The van der Waals surface area contributed by atoms with Gasteiger partial charge in [0.05, 0.1) is 26.9 Å². The molecule has 1 heterocycles. The van der Waals surface area contributed by atoms with E-state index in [1.165, 1.54) is 0 Å².